The second-order valence-corrected chi connectivity index (χ2v) is 6.61. The van der Waals surface area contributed by atoms with Crippen LogP contribution < -0.4 is 4.72 Å². The maximum Gasteiger partial charge on any atom is 0.259 e. The highest BCUT2D eigenvalue weighted by atomic mass is 35.5. The van der Waals surface area contributed by atoms with Crippen molar-refractivity contribution in [3.8, 4) is 0 Å². The summed E-state index contributed by atoms with van der Waals surface area (Å²) >= 11 is 7.36. The number of alkyl halides is 1. The van der Waals surface area contributed by atoms with Gasteiger partial charge in [0.05, 0.1) is 0 Å². The van der Waals surface area contributed by atoms with E-state index in [2.05, 4.69) is 4.72 Å². The zero-order valence-corrected chi connectivity index (χ0v) is 16.1. The van der Waals surface area contributed by atoms with Crippen molar-refractivity contribution in [1.82, 2.24) is 4.72 Å². The molecule has 1 amide bonds. The largest absolute Gasteiger partial charge is 0.371 e. The molecule has 0 aromatic heterocycles. The van der Waals surface area contributed by atoms with Gasteiger partial charge >= 0.3 is 0 Å². The Morgan fingerprint density at radius 3 is 2.67 bits per heavy atom. The molecular weight excluding hydrogens is 342 g/mol. The van der Waals surface area contributed by atoms with Crippen molar-refractivity contribution in [2.45, 2.75) is 32.1 Å². The van der Waals surface area contributed by atoms with Crippen LogP contribution >= 0.6 is 23.5 Å². The maximum absolute atomic E-state index is 12.4. The lowest BCUT2D eigenvalue weighted by Crippen LogP contribution is -2.37. The summed E-state index contributed by atoms with van der Waals surface area (Å²) in [6.45, 7) is 3.97. The second-order valence-electron chi connectivity index (χ2n) is 5.56. The van der Waals surface area contributed by atoms with E-state index in [0.717, 1.165) is 17.7 Å². The van der Waals surface area contributed by atoms with Crippen LogP contribution in [-0.4, -0.2) is 25.0 Å². The molecule has 0 bridgehead atoms. The first-order chi connectivity index (χ1) is 11.6. The molecule has 2 unspecified atom stereocenters. The first-order valence-corrected chi connectivity index (χ1v) is 9.49. The molecule has 0 saturated carbocycles. The van der Waals surface area contributed by atoms with E-state index in [1.165, 1.54) is 17.5 Å². The van der Waals surface area contributed by atoms with Gasteiger partial charge in [0, 0.05) is 18.7 Å². The van der Waals surface area contributed by atoms with Gasteiger partial charge in [-0.3, -0.25) is 9.52 Å². The van der Waals surface area contributed by atoms with E-state index in [4.69, 9.17) is 16.3 Å². The number of amides is 1. The van der Waals surface area contributed by atoms with E-state index in [1.807, 2.05) is 62.4 Å². The highest BCUT2D eigenvalue weighted by molar-refractivity contribution is 7.97. The number of carbonyl (C=O) groups is 1. The number of hydrogen-bond acceptors (Lipinski definition) is 3. The van der Waals surface area contributed by atoms with Gasteiger partial charge in [-0.15, -0.1) is 11.6 Å². The van der Waals surface area contributed by atoms with Crippen molar-refractivity contribution < 1.29 is 9.53 Å². The van der Waals surface area contributed by atoms with Crippen molar-refractivity contribution in [2.75, 3.05) is 13.0 Å². The number of allylic oxidation sites excluding steroid dienone is 4. The average molecular weight is 368 g/mol. The summed E-state index contributed by atoms with van der Waals surface area (Å²) in [5.41, 5.74) is 2.26. The van der Waals surface area contributed by atoms with Gasteiger partial charge in [0.25, 0.3) is 5.91 Å². The Balaban J connectivity index is 2.52. The van der Waals surface area contributed by atoms with Gasteiger partial charge in [0.15, 0.2) is 0 Å². The first kappa shape index (κ1) is 20.8. The lowest BCUT2D eigenvalue weighted by Gasteiger charge is -2.22. The van der Waals surface area contributed by atoms with Crippen molar-refractivity contribution in [1.29, 1.82) is 0 Å². The molecule has 0 aliphatic rings. The predicted molar refractivity (Wildman–Crippen MR) is 104 cm³/mol. The Morgan fingerprint density at radius 2 is 2.08 bits per heavy atom. The molecule has 0 radical (unpaired) electrons. The number of hydrogen-bond donors (Lipinski definition) is 1. The number of rotatable bonds is 10. The molecule has 0 spiro atoms. The van der Waals surface area contributed by atoms with Crippen LogP contribution in [0.5, 0.6) is 0 Å². The summed E-state index contributed by atoms with van der Waals surface area (Å²) in [4.78, 5) is 12.4. The zero-order valence-electron chi connectivity index (χ0n) is 14.5. The first-order valence-electron chi connectivity index (χ1n) is 7.97. The van der Waals surface area contributed by atoms with E-state index in [0.29, 0.717) is 5.88 Å². The molecular formula is C19H26ClNO2S. The van der Waals surface area contributed by atoms with E-state index in [1.54, 1.807) is 7.11 Å². The molecule has 1 aromatic carbocycles. The Kier molecular flexibility index (Phi) is 10.6. The number of nitrogens with one attached hydrogen (secondary N) is 1. The van der Waals surface area contributed by atoms with Crippen LogP contribution in [0.15, 0.2) is 54.1 Å². The van der Waals surface area contributed by atoms with Gasteiger partial charge in [-0.1, -0.05) is 61.1 Å². The topological polar surface area (TPSA) is 38.3 Å². The van der Waals surface area contributed by atoms with Crippen LogP contribution in [0.4, 0.5) is 0 Å². The number of carbonyl (C=O) groups excluding carboxylic acids is 1. The summed E-state index contributed by atoms with van der Waals surface area (Å²) in [5, 5.41) is 0. The molecule has 5 heteroatoms. The Morgan fingerprint density at radius 1 is 1.38 bits per heavy atom. The van der Waals surface area contributed by atoms with Crippen LogP contribution in [0, 0.1) is 5.92 Å². The third-order valence-corrected chi connectivity index (χ3v) is 4.73. The van der Waals surface area contributed by atoms with E-state index >= 15 is 0 Å². The minimum Gasteiger partial charge on any atom is -0.371 e. The van der Waals surface area contributed by atoms with Crippen LogP contribution in [0.3, 0.4) is 0 Å². The molecule has 1 N–H and O–H groups in total. The molecule has 2 atom stereocenters. The molecule has 0 saturated heterocycles. The molecule has 0 heterocycles. The summed E-state index contributed by atoms with van der Waals surface area (Å²) in [7, 11) is 1.57. The lowest BCUT2D eigenvalue weighted by atomic mass is 9.95. The fraction of sp³-hybridized carbons (Fsp3) is 0.421. The summed E-state index contributed by atoms with van der Waals surface area (Å²) in [5.74, 6) is 1.12. The van der Waals surface area contributed by atoms with Crippen molar-refractivity contribution in [3.05, 3.63) is 59.7 Å². The Bertz CT molecular complexity index is 546. The molecule has 3 nitrogen and oxygen atoms in total. The van der Waals surface area contributed by atoms with E-state index in [9.17, 15) is 4.79 Å². The van der Waals surface area contributed by atoms with Gasteiger partial charge in [-0.2, -0.15) is 0 Å². The van der Waals surface area contributed by atoms with Crippen LogP contribution in [-0.2, 0) is 15.3 Å². The summed E-state index contributed by atoms with van der Waals surface area (Å²) in [6, 6.07) is 10.0. The number of halogens is 1. The number of benzene rings is 1. The monoisotopic (exact) mass is 367 g/mol. The lowest BCUT2D eigenvalue weighted by molar-refractivity contribution is -0.131. The Labute approximate surface area is 154 Å². The van der Waals surface area contributed by atoms with Gasteiger partial charge in [-0.25, -0.2) is 0 Å². The molecule has 0 aliphatic carbocycles. The van der Waals surface area contributed by atoms with Gasteiger partial charge in [-0.05, 0) is 36.8 Å². The SMILES string of the molecule is C/C=C\C=C(/CCl)CC(C)C(OC)C(=O)NSCc1ccccc1. The number of methoxy groups -OCH3 is 1. The third-order valence-electron chi connectivity index (χ3n) is 3.56. The maximum atomic E-state index is 12.4. The van der Waals surface area contributed by atoms with Crippen LogP contribution in [0.1, 0.15) is 25.8 Å². The van der Waals surface area contributed by atoms with Gasteiger partial charge in [0.2, 0.25) is 0 Å². The number of ether oxygens (including phenoxy) is 1. The van der Waals surface area contributed by atoms with E-state index < -0.39 is 6.10 Å². The van der Waals surface area contributed by atoms with Crippen molar-refractivity contribution in [3.63, 3.8) is 0 Å². The molecule has 0 fully saturated rings. The molecule has 1 aromatic rings. The third kappa shape index (κ3) is 7.56. The Hall–Kier alpha value is -1.23. The summed E-state index contributed by atoms with van der Waals surface area (Å²) in [6.07, 6.45) is 6.15. The standard InChI is InChI=1S/C19H26ClNO2S/c1-4-5-9-17(13-20)12-15(2)18(23-3)19(22)21-24-14-16-10-7-6-8-11-16/h4-11,15,18H,12-14H2,1-3H3,(H,21,22)/b5-4-,17-9-. The molecule has 24 heavy (non-hydrogen) atoms. The minimum atomic E-state index is -0.495. The van der Waals surface area contributed by atoms with E-state index in [-0.39, 0.29) is 11.8 Å². The normalized spacial score (nSPS) is 14.6. The zero-order chi connectivity index (χ0) is 17.8. The molecule has 0 aliphatic heterocycles. The van der Waals surface area contributed by atoms with Crippen LogP contribution in [0.2, 0.25) is 0 Å². The fourth-order valence-electron chi connectivity index (χ4n) is 2.34. The van der Waals surface area contributed by atoms with Gasteiger partial charge < -0.3 is 4.74 Å². The average Bonchev–Trinajstić information content (AvgIpc) is 2.60. The smallest absolute Gasteiger partial charge is 0.259 e. The van der Waals surface area contributed by atoms with Crippen LogP contribution in [0.25, 0.3) is 0 Å². The predicted octanol–water partition coefficient (Wildman–Crippen LogP) is 4.73. The highest BCUT2D eigenvalue weighted by Crippen LogP contribution is 2.20. The molecule has 1 rings (SSSR count). The second kappa shape index (κ2) is 12.2. The summed E-state index contributed by atoms with van der Waals surface area (Å²) < 4.78 is 8.30. The molecule has 132 valence electrons. The highest BCUT2D eigenvalue weighted by Gasteiger charge is 2.25. The fourth-order valence-corrected chi connectivity index (χ4v) is 3.23. The van der Waals surface area contributed by atoms with Gasteiger partial charge in [0.1, 0.15) is 6.10 Å². The quantitative estimate of drug-likeness (QED) is 0.369. The van der Waals surface area contributed by atoms with Crippen molar-refractivity contribution >= 4 is 29.5 Å². The minimum absolute atomic E-state index is 0.0441. The van der Waals surface area contributed by atoms with Crippen molar-refractivity contribution in [2.24, 2.45) is 5.92 Å².